The van der Waals surface area contributed by atoms with E-state index >= 15 is 0 Å². The molecule has 3 rings (SSSR count). The average molecular weight is 342 g/mol. The zero-order chi connectivity index (χ0) is 18.0. The number of ether oxygens (including phenoxy) is 2. The molecule has 25 heavy (non-hydrogen) atoms. The predicted molar refractivity (Wildman–Crippen MR) is 91.1 cm³/mol. The van der Waals surface area contributed by atoms with E-state index in [1.807, 2.05) is 12.1 Å². The summed E-state index contributed by atoms with van der Waals surface area (Å²) in [6, 6.07) is 7.15. The van der Waals surface area contributed by atoms with Crippen molar-refractivity contribution in [3.8, 4) is 22.8 Å². The van der Waals surface area contributed by atoms with Gasteiger partial charge in [-0.1, -0.05) is 0 Å². The molecular weight excluding hydrogens is 324 g/mol. The maximum Gasteiger partial charge on any atom is 0.294 e. The molecule has 0 aliphatic heterocycles. The Balaban J connectivity index is 1.83. The molecular formula is C17H18N4O4. The van der Waals surface area contributed by atoms with Gasteiger partial charge in [-0.05, 0) is 19.1 Å². The lowest BCUT2D eigenvalue weighted by Gasteiger charge is -2.08. The van der Waals surface area contributed by atoms with E-state index in [2.05, 4.69) is 20.5 Å². The number of aryl methyl sites for hydroxylation is 2. The van der Waals surface area contributed by atoms with Gasteiger partial charge in [-0.15, -0.1) is 0 Å². The first-order chi connectivity index (χ1) is 12.0. The SMILES string of the molecule is COc1ccc(-c2cc(NC(=O)c3oc(C)nc3C)n[nH]2)c(OC)c1. The monoisotopic (exact) mass is 342 g/mol. The minimum absolute atomic E-state index is 0.170. The molecule has 0 fully saturated rings. The fourth-order valence-corrected chi connectivity index (χ4v) is 2.46. The van der Waals surface area contributed by atoms with E-state index in [1.54, 1.807) is 40.2 Å². The van der Waals surface area contributed by atoms with Crippen LogP contribution in [0.25, 0.3) is 11.3 Å². The maximum atomic E-state index is 12.3. The largest absolute Gasteiger partial charge is 0.497 e. The normalized spacial score (nSPS) is 10.6. The molecule has 2 heterocycles. The Hall–Kier alpha value is -3.29. The van der Waals surface area contributed by atoms with Crippen LogP contribution in [-0.2, 0) is 0 Å². The fourth-order valence-electron chi connectivity index (χ4n) is 2.46. The van der Waals surface area contributed by atoms with Gasteiger partial charge in [0.15, 0.2) is 11.7 Å². The molecule has 0 bridgehead atoms. The minimum Gasteiger partial charge on any atom is -0.497 e. The smallest absolute Gasteiger partial charge is 0.294 e. The number of benzene rings is 1. The van der Waals surface area contributed by atoms with E-state index in [1.165, 1.54) is 0 Å². The van der Waals surface area contributed by atoms with Crippen molar-refractivity contribution in [3.63, 3.8) is 0 Å². The number of oxazole rings is 1. The Bertz CT molecular complexity index is 913. The van der Waals surface area contributed by atoms with Crippen molar-refractivity contribution in [2.24, 2.45) is 0 Å². The molecule has 0 spiro atoms. The van der Waals surface area contributed by atoms with Crippen molar-refractivity contribution in [2.75, 3.05) is 19.5 Å². The molecule has 1 aromatic carbocycles. The number of hydrogen-bond acceptors (Lipinski definition) is 6. The van der Waals surface area contributed by atoms with Crippen LogP contribution >= 0.6 is 0 Å². The molecule has 0 atom stereocenters. The van der Waals surface area contributed by atoms with Gasteiger partial charge in [0, 0.05) is 24.6 Å². The first-order valence-electron chi connectivity index (χ1n) is 7.55. The van der Waals surface area contributed by atoms with Crippen LogP contribution < -0.4 is 14.8 Å². The Morgan fingerprint density at radius 2 is 2.00 bits per heavy atom. The summed E-state index contributed by atoms with van der Waals surface area (Å²) in [5.41, 5.74) is 2.02. The highest BCUT2D eigenvalue weighted by Crippen LogP contribution is 2.33. The van der Waals surface area contributed by atoms with Gasteiger partial charge in [-0.2, -0.15) is 5.10 Å². The van der Waals surface area contributed by atoms with Gasteiger partial charge < -0.3 is 19.2 Å². The van der Waals surface area contributed by atoms with E-state index in [0.29, 0.717) is 34.6 Å². The number of aromatic nitrogens is 3. The number of carbonyl (C=O) groups excluding carboxylic acids is 1. The number of H-pyrrole nitrogens is 1. The highest BCUT2D eigenvalue weighted by molar-refractivity contribution is 6.02. The van der Waals surface area contributed by atoms with E-state index in [-0.39, 0.29) is 5.76 Å². The molecule has 0 aliphatic rings. The third kappa shape index (κ3) is 3.32. The first kappa shape index (κ1) is 16.6. The van der Waals surface area contributed by atoms with Gasteiger partial charge in [0.1, 0.15) is 11.5 Å². The number of nitrogens with zero attached hydrogens (tertiary/aromatic N) is 2. The number of methoxy groups -OCH3 is 2. The third-order valence-electron chi connectivity index (χ3n) is 3.63. The third-order valence-corrected chi connectivity index (χ3v) is 3.63. The summed E-state index contributed by atoms with van der Waals surface area (Å²) < 4.78 is 15.9. The van der Waals surface area contributed by atoms with Crippen molar-refractivity contribution in [1.29, 1.82) is 0 Å². The highest BCUT2D eigenvalue weighted by atomic mass is 16.5. The Morgan fingerprint density at radius 3 is 2.64 bits per heavy atom. The molecule has 8 heteroatoms. The fraction of sp³-hybridized carbons (Fsp3) is 0.235. The van der Waals surface area contributed by atoms with Gasteiger partial charge in [-0.25, -0.2) is 4.98 Å². The second-order valence-electron chi connectivity index (χ2n) is 5.33. The molecule has 0 aliphatic carbocycles. The van der Waals surface area contributed by atoms with Crippen LogP contribution in [0.2, 0.25) is 0 Å². The number of carbonyl (C=O) groups is 1. The summed E-state index contributed by atoms with van der Waals surface area (Å²) in [6.07, 6.45) is 0. The lowest BCUT2D eigenvalue weighted by molar-refractivity contribution is 0.0994. The summed E-state index contributed by atoms with van der Waals surface area (Å²) in [5.74, 6) is 1.88. The summed E-state index contributed by atoms with van der Waals surface area (Å²) >= 11 is 0. The Kier molecular flexibility index (Phi) is 4.42. The standard InChI is InChI=1S/C17H18N4O4/c1-9-16(25-10(2)18-9)17(22)19-15-8-13(20-21-15)12-6-5-11(23-3)7-14(12)24-4/h5-8H,1-4H3,(H2,19,20,21,22). The van der Waals surface area contributed by atoms with Crippen molar-refractivity contribution < 1.29 is 18.7 Å². The molecule has 8 nitrogen and oxygen atoms in total. The number of anilines is 1. The Labute approximate surface area is 144 Å². The quantitative estimate of drug-likeness (QED) is 0.739. The Morgan fingerprint density at radius 1 is 1.20 bits per heavy atom. The van der Waals surface area contributed by atoms with Crippen LogP contribution in [0.1, 0.15) is 22.1 Å². The predicted octanol–water partition coefficient (Wildman–Crippen LogP) is 2.95. The van der Waals surface area contributed by atoms with Crippen LogP contribution in [0.15, 0.2) is 28.7 Å². The van der Waals surface area contributed by atoms with Gasteiger partial charge in [-0.3, -0.25) is 9.89 Å². The van der Waals surface area contributed by atoms with Crippen LogP contribution in [0.3, 0.4) is 0 Å². The number of rotatable bonds is 5. The molecule has 0 unspecified atom stereocenters. The van der Waals surface area contributed by atoms with Gasteiger partial charge >= 0.3 is 0 Å². The van der Waals surface area contributed by atoms with Crippen molar-refractivity contribution >= 4 is 11.7 Å². The second-order valence-corrected chi connectivity index (χ2v) is 5.33. The molecule has 2 aromatic heterocycles. The van der Waals surface area contributed by atoms with E-state index in [9.17, 15) is 4.79 Å². The van der Waals surface area contributed by atoms with Gasteiger partial charge in [0.2, 0.25) is 5.76 Å². The minimum atomic E-state index is -0.405. The topological polar surface area (TPSA) is 102 Å². The van der Waals surface area contributed by atoms with Gasteiger partial charge in [0.25, 0.3) is 5.91 Å². The summed E-state index contributed by atoms with van der Waals surface area (Å²) in [6.45, 7) is 3.40. The highest BCUT2D eigenvalue weighted by Gasteiger charge is 2.18. The van der Waals surface area contributed by atoms with E-state index in [4.69, 9.17) is 13.9 Å². The lowest BCUT2D eigenvalue weighted by Crippen LogP contribution is -2.12. The van der Waals surface area contributed by atoms with Crippen molar-refractivity contribution in [3.05, 3.63) is 41.6 Å². The summed E-state index contributed by atoms with van der Waals surface area (Å²) in [4.78, 5) is 16.3. The molecule has 130 valence electrons. The second kappa shape index (κ2) is 6.68. The zero-order valence-corrected chi connectivity index (χ0v) is 14.3. The number of aromatic amines is 1. The molecule has 0 saturated heterocycles. The molecule has 1 amide bonds. The van der Waals surface area contributed by atoms with E-state index < -0.39 is 5.91 Å². The molecule has 0 saturated carbocycles. The van der Waals surface area contributed by atoms with Crippen LogP contribution in [0, 0.1) is 13.8 Å². The van der Waals surface area contributed by atoms with E-state index in [0.717, 1.165) is 5.56 Å². The number of amides is 1. The average Bonchev–Trinajstić information content (AvgIpc) is 3.20. The molecule has 3 aromatic rings. The maximum absolute atomic E-state index is 12.3. The number of hydrogen-bond donors (Lipinski definition) is 2. The zero-order valence-electron chi connectivity index (χ0n) is 14.3. The van der Waals surface area contributed by atoms with Crippen LogP contribution in [-0.4, -0.2) is 35.3 Å². The summed E-state index contributed by atoms with van der Waals surface area (Å²) in [5, 5.41) is 9.67. The number of nitrogens with one attached hydrogen (secondary N) is 2. The van der Waals surface area contributed by atoms with Crippen molar-refractivity contribution in [2.45, 2.75) is 13.8 Å². The molecule has 2 N–H and O–H groups in total. The first-order valence-corrected chi connectivity index (χ1v) is 7.55. The van der Waals surface area contributed by atoms with Gasteiger partial charge in [0.05, 0.1) is 25.6 Å². The van der Waals surface area contributed by atoms with Crippen LogP contribution in [0.5, 0.6) is 11.5 Å². The van der Waals surface area contributed by atoms with Crippen molar-refractivity contribution in [1.82, 2.24) is 15.2 Å². The van der Waals surface area contributed by atoms with Crippen LogP contribution in [0.4, 0.5) is 5.82 Å². The molecule has 0 radical (unpaired) electrons. The lowest BCUT2D eigenvalue weighted by atomic mass is 10.1. The summed E-state index contributed by atoms with van der Waals surface area (Å²) in [7, 11) is 3.16.